The Labute approximate surface area is 124 Å². The summed E-state index contributed by atoms with van der Waals surface area (Å²) in [5.41, 5.74) is 3.30. The van der Waals surface area contributed by atoms with Gasteiger partial charge in [-0.25, -0.2) is 0 Å². The van der Waals surface area contributed by atoms with Gasteiger partial charge in [0.1, 0.15) is 0 Å². The van der Waals surface area contributed by atoms with Crippen LogP contribution in [-0.4, -0.2) is 20.5 Å². The standard InChI is InChI=1S/C18H18O3/c1-19-17-12-13-18(20-2,21-17)16-10-8-15(9-11-16)14-6-4-3-5-7-14/h3-13,17H,1-2H3. The van der Waals surface area contributed by atoms with E-state index in [1.807, 2.05) is 42.5 Å². The second-order valence-electron chi connectivity index (χ2n) is 4.90. The molecule has 2 unspecified atom stereocenters. The van der Waals surface area contributed by atoms with Crippen molar-refractivity contribution in [3.63, 3.8) is 0 Å². The van der Waals surface area contributed by atoms with Crippen LogP contribution >= 0.6 is 0 Å². The summed E-state index contributed by atoms with van der Waals surface area (Å²) in [6.07, 6.45) is 3.37. The van der Waals surface area contributed by atoms with E-state index >= 15 is 0 Å². The molecule has 0 spiro atoms. The first kappa shape index (κ1) is 14.0. The van der Waals surface area contributed by atoms with E-state index in [9.17, 15) is 0 Å². The minimum Gasteiger partial charge on any atom is -0.352 e. The maximum atomic E-state index is 5.82. The summed E-state index contributed by atoms with van der Waals surface area (Å²) < 4.78 is 16.6. The minimum absolute atomic E-state index is 0.376. The highest BCUT2D eigenvalue weighted by molar-refractivity contribution is 5.63. The van der Waals surface area contributed by atoms with E-state index in [0.29, 0.717) is 0 Å². The Morgan fingerprint density at radius 1 is 0.905 bits per heavy atom. The molecule has 0 saturated carbocycles. The molecule has 1 aliphatic rings. The van der Waals surface area contributed by atoms with E-state index in [4.69, 9.17) is 14.2 Å². The van der Waals surface area contributed by atoms with E-state index in [1.165, 1.54) is 5.56 Å². The van der Waals surface area contributed by atoms with Gasteiger partial charge in [0.05, 0.1) is 0 Å². The highest BCUT2D eigenvalue weighted by Crippen LogP contribution is 2.35. The number of hydrogen-bond acceptors (Lipinski definition) is 3. The maximum Gasteiger partial charge on any atom is 0.217 e. The summed E-state index contributed by atoms with van der Waals surface area (Å²) in [4.78, 5) is 0. The summed E-state index contributed by atoms with van der Waals surface area (Å²) in [5.74, 6) is -0.865. The molecule has 3 nitrogen and oxygen atoms in total. The Hall–Kier alpha value is -1.94. The number of hydrogen-bond donors (Lipinski definition) is 0. The van der Waals surface area contributed by atoms with Gasteiger partial charge in [-0.1, -0.05) is 54.6 Å². The van der Waals surface area contributed by atoms with Crippen molar-refractivity contribution in [3.05, 3.63) is 72.3 Å². The van der Waals surface area contributed by atoms with Crippen LogP contribution in [0.5, 0.6) is 0 Å². The molecule has 1 heterocycles. The largest absolute Gasteiger partial charge is 0.352 e. The summed E-state index contributed by atoms with van der Waals surface area (Å²) in [7, 11) is 3.24. The fourth-order valence-corrected chi connectivity index (χ4v) is 2.51. The van der Waals surface area contributed by atoms with E-state index in [-0.39, 0.29) is 6.29 Å². The lowest BCUT2D eigenvalue weighted by Crippen LogP contribution is -2.29. The molecule has 0 bridgehead atoms. The number of methoxy groups -OCH3 is 2. The number of ether oxygens (including phenoxy) is 3. The lowest BCUT2D eigenvalue weighted by atomic mass is 10.00. The zero-order valence-corrected chi connectivity index (χ0v) is 12.2. The Bertz CT molecular complexity index is 619. The van der Waals surface area contributed by atoms with Crippen molar-refractivity contribution in [1.29, 1.82) is 0 Å². The summed E-state index contributed by atoms with van der Waals surface area (Å²) >= 11 is 0. The van der Waals surface area contributed by atoms with Crippen LogP contribution in [0, 0.1) is 0 Å². The third kappa shape index (κ3) is 2.63. The van der Waals surface area contributed by atoms with Crippen molar-refractivity contribution < 1.29 is 14.2 Å². The molecule has 2 aromatic carbocycles. The Morgan fingerprint density at radius 2 is 1.57 bits per heavy atom. The lowest BCUT2D eigenvalue weighted by Gasteiger charge is -2.27. The normalized spacial score (nSPS) is 24.4. The molecule has 0 N–H and O–H groups in total. The molecule has 108 valence electrons. The molecule has 0 aromatic heterocycles. The van der Waals surface area contributed by atoms with E-state index in [0.717, 1.165) is 11.1 Å². The zero-order valence-electron chi connectivity index (χ0n) is 12.2. The molecule has 3 heteroatoms. The highest BCUT2D eigenvalue weighted by atomic mass is 16.8. The van der Waals surface area contributed by atoms with Crippen molar-refractivity contribution in [2.45, 2.75) is 12.1 Å². The van der Waals surface area contributed by atoms with Crippen LogP contribution in [0.2, 0.25) is 0 Å². The molecule has 21 heavy (non-hydrogen) atoms. The first-order chi connectivity index (χ1) is 10.3. The third-order valence-electron chi connectivity index (χ3n) is 3.69. The van der Waals surface area contributed by atoms with Gasteiger partial charge in [0, 0.05) is 19.8 Å². The molecule has 1 aliphatic heterocycles. The van der Waals surface area contributed by atoms with Crippen molar-refractivity contribution >= 4 is 0 Å². The summed E-state index contributed by atoms with van der Waals surface area (Å²) in [6, 6.07) is 18.5. The van der Waals surface area contributed by atoms with Gasteiger partial charge in [0.25, 0.3) is 0 Å². The summed E-state index contributed by atoms with van der Waals surface area (Å²) in [6.45, 7) is 0. The lowest BCUT2D eigenvalue weighted by molar-refractivity contribution is -0.249. The molecular weight excluding hydrogens is 264 g/mol. The molecule has 0 fully saturated rings. The zero-order chi connectivity index (χ0) is 14.7. The molecule has 3 rings (SSSR count). The second kappa shape index (κ2) is 5.82. The van der Waals surface area contributed by atoms with Crippen LogP contribution in [0.25, 0.3) is 11.1 Å². The molecule has 0 radical (unpaired) electrons. The Kier molecular flexibility index (Phi) is 3.88. The Balaban J connectivity index is 1.89. The minimum atomic E-state index is -0.865. The molecular formula is C18H18O3. The average molecular weight is 282 g/mol. The predicted octanol–water partition coefficient (Wildman–Crippen LogP) is 3.71. The first-order valence-corrected chi connectivity index (χ1v) is 6.88. The first-order valence-electron chi connectivity index (χ1n) is 6.88. The van der Waals surface area contributed by atoms with Gasteiger partial charge < -0.3 is 14.2 Å². The van der Waals surface area contributed by atoms with Gasteiger partial charge in [-0.05, 0) is 23.3 Å². The SMILES string of the molecule is COC1C=CC(OC)(c2ccc(-c3ccccc3)cc2)O1. The van der Waals surface area contributed by atoms with Crippen LogP contribution in [-0.2, 0) is 20.0 Å². The fourth-order valence-electron chi connectivity index (χ4n) is 2.51. The second-order valence-corrected chi connectivity index (χ2v) is 4.90. The topological polar surface area (TPSA) is 27.7 Å². The molecule has 2 aromatic rings. The number of rotatable bonds is 4. The van der Waals surface area contributed by atoms with Gasteiger partial charge in [0.15, 0.2) is 6.29 Å². The van der Waals surface area contributed by atoms with Gasteiger partial charge in [-0.3, -0.25) is 0 Å². The van der Waals surface area contributed by atoms with Gasteiger partial charge in [-0.15, -0.1) is 0 Å². The van der Waals surface area contributed by atoms with Crippen molar-refractivity contribution in [1.82, 2.24) is 0 Å². The van der Waals surface area contributed by atoms with E-state index in [2.05, 4.69) is 24.3 Å². The van der Waals surface area contributed by atoms with Gasteiger partial charge in [0.2, 0.25) is 5.79 Å². The van der Waals surface area contributed by atoms with Crippen molar-refractivity contribution in [2.24, 2.45) is 0 Å². The monoisotopic (exact) mass is 282 g/mol. The van der Waals surface area contributed by atoms with Crippen LogP contribution in [0.4, 0.5) is 0 Å². The van der Waals surface area contributed by atoms with Crippen molar-refractivity contribution in [3.8, 4) is 11.1 Å². The quantitative estimate of drug-likeness (QED) is 0.800. The predicted molar refractivity (Wildman–Crippen MR) is 81.6 cm³/mol. The molecule has 2 atom stereocenters. The summed E-state index contributed by atoms with van der Waals surface area (Å²) in [5, 5.41) is 0. The smallest absolute Gasteiger partial charge is 0.217 e. The number of benzene rings is 2. The highest BCUT2D eigenvalue weighted by Gasteiger charge is 2.37. The van der Waals surface area contributed by atoms with Gasteiger partial charge in [-0.2, -0.15) is 0 Å². The molecule has 0 aliphatic carbocycles. The Morgan fingerprint density at radius 3 is 2.14 bits per heavy atom. The third-order valence-corrected chi connectivity index (χ3v) is 3.69. The molecule has 0 amide bonds. The maximum absolute atomic E-state index is 5.82. The van der Waals surface area contributed by atoms with E-state index < -0.39 is 5.79 Å². The average Bonchev–Trinajstić information content (AvgIpc) is 3.01. The fraction of sp³-hybridized carbons (Fsp3) is 0.222. The van der Waals surface area contributed by atoms with Crippen LogP contribution in [0.1, 0.15) is 5.56 Å². The van der Waals surface area contributed by atoms with Crippen LogP contribution < -0.4 is 0 Å². The van der Waals surface area contributed by atoms with E-state index in [1.54, 1.807) is 14.2 Å². The van der Waals surface area contributed by atoms with Crippen molar-refractivity contribution in [2.75, 3.05) is 14.2 Å². The van der Waals surface area contributed by atoms with Crippen LogP contribution in [0.15, 0.2) is 66.7 Å². The van der Waals surface area contributed by atoms with Crippen LogP contribution in [0.3, 0.4) is 0 Å². The van der Waals surface area contributed by atoms with Gasteiger partial charge >= 0.3 is 0 Å². The molecule has 0 saturated heterocycles.